The maximum Gasteiger partial charge on any atom is 0.315 e. The van der Waals surface area contributed by atoms with Crippen LogP contribution in [-0.4, -0.2) is 43.2 Å². The minimum atomic E-state index is -0.00898. The third kappa shape index (κ3) is 1.27. The minimum Gasteiger partial charge on any atom is -0.336 e. The van der Waals surface area contributed by atoms with Crippen molar-refractivity contribution in [2.45, 2.75) is 18.4 Å². The van der Waals surface area contributed by atoms with Crippen LogP contribution in [0.15, 0.2) is 0 Å². The number of rotatable bonds is 0. The van der Waals surface area contributed by atoms with Crippen molar-refractivity contribution < 1.29 is 4.79 Å². The molecule has 2 saturated heterocycles. The number of nitrogens with zero attached hydrogens (tertiary/aromatic N) is 1. The summed E-state index contributed by atoms with van der Waals surface area (Å²) in [6, 6.07) is -0.00898. The van der Waals surface area contributed by atoms with Crippen molar-refractivity contribution in [1.29, 1.82) is 0 Å². The topological polar surface area (TPSA) is 44.4 Å². The van der Waals surface area contributed by atoms with Gasteiger partial charge in [-0.2, -0.15) is 0 Å². The maximum atomic E-state index is 11.0. The summed E-state index contributed by atoms with van der Waals surface area (Å²) in [6.07, 6.45) is 2.29. The molecule has 2 heterocycles. The van der Waals surface area contributed by atoms with Crippen LogP contribution in [0.2, 0.25) is 0 Å². The standard InChI is InChI=1S/C8H15N3O/c1-11-4-2-3-8(6-11)5-9-7(12)10-8/h2-6H2,1H3,(H2,9,10,12). The van der Waals surface area contributed by atoms with Gasteiger partial charge in [-0.25, -0.2) is 4.79 Å². The number of amides is 2. The van der Waals surface area contributed by atoms with Gasteiger partial charge in [0.1, 0.15) is 0 Å². The zero-order valence-electron chi connectivity index (χ0n) is 7.39. The van der Waals surface area contributed by atoms with Crippen LogP contribution in [0.25, 0.3) is 0 Å². The number of hydrogen-bond acceptors (Lipinski definition) is 2. The van der Waals surface area contributed by atoms with E-state index < -0.39 is 0 Å². The summed E-state index contributed by atoms with van der Waals surface area (Å²) in [5.41, 5.74) is 0.0318. The molecule has 0 aromatic heterocycles. The summed E-state index contributed by atoms with van der Waals surface area (Å²) in [5, 5.41) is 5.83. The van der Waals surface area contributed by atoms with Gasteiger partial charge >= 0.3 is 6.03 Å². The van der Waals surface area contributed by atoms with Crippen molar-refractivity contribution in [2.75, 3.05) is 26.7 Å². The molecule has 0 aromatic rings. The highest BCUT2D eigenvalue weighted by Crippen LogP contribution is 2.21. The lowest BCUT2D eigenvalue weighted by atomic mass is 9.90. The van der Waals surface area contributed by atoms with Gasteiger partial charge in [-0.05, 0) is 26.4 Å². The van der Waals surface area contributed by atoms with Crippen LogP contribution in [-0.2, 0) is 0 Å². The third-order valence-corrected chi connectivity index (χ3v) is 2.73. The van der Waals surface area contributed by atoms with E-state index in [1.165, 1.54) is 6.42 Å². The molecule has 2 fully saturated rings. The maximum absolute atomic E-state index is 11.0. The molecule has 2 aliphatic rings. The lowest BCUT2D eigenvalue weighted by molar-refractivity contribution is 0.171. The van der Waals surface area contributed by atoms with E-state index in [2.05, 4.69) is 22.6 Å². The molecule has 68 valence electrons. The monoisotopic (exact) mass is 169 g/mol. The molecule has 2 rings (SSSR count). The van der Waals surface area contributed by atoms with Crippen LogP contribution in [0.1, 0.15) is 12.8 Å². The van der Waals surface area contributed by atoms with Crippen LogP contribution in [0, 0.1) is 0 Å². The molecule has 0 bridgehead atoms. The van der Waals surface area contributed by atoms with Gasteiger partial charge in [0.25, 0.3) is 0 Å². The number of urea groups is 1. The quantitative estimate of drug-likeness (QED) is 0.526. The Kier molecular flexibility index (Phi) is 1.72. The predicted molar refractivity (Wildman–Crippen MR) is 46.0 cm³/mol. The lowest BCUT2D eigenvalue weighted by Crippen LogP contribution is -2.55. The zero-order valence-corrected chi connectivity index (χ0v) is 7.39. The first kappa shape index (κ1) is 7.86. The molecule has 1 spiro atoms. The molecule has 0 radical (unpaired) electrons. The van der Waals surface area contributed by atoms with Gasteiger partial charge in [0.2, 0.25) is 0 Å². The van der Waals surface area contributed by atoms with E-state index in [9.17, 15) is 4.79 Å². The molecule has 12 heavy (non-hydrogen) atoms. The normalized spacial score (nSPS) is 36.6. The Morgan fingerprint density at radius 3 is 3.00 bits per heavy atom. The van der Waals surface area contributed by atoms with Crippen molar-refractivity contribution >= 4 is 6.03 Å². The molecule has 2 aliphatic heterocycles. The number of nitrogens with one attached hydrogen (secondary N) is 2. The smallest absolute Gasteiger partial charge is 0.315 e. The number of piperidine rings is 1. The fourth-order valence-corrected chi connectivity index (χ4v) is 2.19. The van der Waals surface area contributed by atoms with Crippen molar-refractivity contribution in [2.24, 2.45) is 0 Å². The molecule has 0 saturated carbocycles. The number of likely N-dealkylation sites (tertiary alicyclic amines) is 1. The highest BCUT2D eigenvalue weighted by molar-refractivity contribution is 5.77. The van der Waals surface area contributed by atoms with E-state index in [-0.39, 0.29) is 11.6 Å². The number of likely N-dealkylation sites (N-methyl/N-ethyl adjacent to an activating group) is 1. The molecular formula is C8H15N3O. The highest BCUT2D eigenvalue weighted by Gasteiger charge is 2.39. The molecule has 2 N–H and O–H groups in total. The van der Waals surface area contributed by atoms with Crippen LogP contribution in [0.3, 0.4) is 0 Å². The van der Waals surface area contributed by atoms with E-state index >= 15 is 0 Å². The second kappa shape index (κ2) is 2.62. The van der Waals surface area contributed by atoms with Crippen molar-refractivity contribution in [3.8, 4) is 0 Å². The first-order valence-corrected chi connectivity index (χ1v) is 4.45. The van der Waals surface area contributed by atoms with Gasteiger partial charge in [0, 0.05) is 13.1 Å². The van der Waals surface area contributed by atoms with Gasteiger partial charge in [0.05, 0.1) is 5.54 Å². The SMILES string of the molecule is CN1CCCC2(CNC(=O)N2)C1. The van der Waals surface area contributed by atoms with Crippen molar-refractivity contribution in [1.82, 2.24) is 15.5 Å². The average Bonchev–Trinajstić information content (AvgIpc) is 2.32. The zero-order chi connectivity index (χ0) is 8.60. The molecule has 1 atom stereocenters. The highest BCUT2D eigenvalue weighted by atomic mass is 16.2. The average molecular weight is 169 g/mol. The second-order valence-corrected chi connectivity index (χ2v) is 3.93. The van der Waals surface area contributed by atoms with Gasteiger partial charge in [-0.15, -0.1) is 0 Å². The fraction of sp³-hybridized carbons (Fsp3) is 0.875. The van der Waals surface area contributed by atoms with Crippen molar-refractivity contribution in [3.63, 3.8) is 0 Å². The summed E-state index contributed by atoms with van der Waals surface area (Å²) >= 11 is 0. The van der Waals surface area contributed by atoms with Gasteiger partial charge < -0.3 is 15.5 Å². The molecule has 2 amide bonds. The van der Waals surface area contributed by atoms with E-state index in [0.29, 0.717) is 0 Å². The van der Waals surface area contributed by atoms with E-state index in [1.54, 1.807) is 0 Å². The predicted octanol–water partition coefficient (Wildman–Crippen LogP) is -0.236. The summed E-state index contributed by atoms with van der Waals surface area (Å²) in [5.74, 6) is 0. The minimum absolute atomic E-state index is 0.00898. The Bertz CT molecular complexity index is 206. The van der Waals surface area contributed by atoms with Gasteiger partial charge in [-0.1, -0.05) is 0 Å². The number of carbonyl (C=O) groups excluding carboxylic acids is 1. The molecule has 4 heteroatoms. The van der Waals surface area contributed by atoms with E-state index in [4.69, 9.17) is 0 Å². The van der Waals surface area contributed by atoms with Gasteiger partial charge in [-0.3, -0.25) is 0 Å². The number of hydrogen-bond donors (Lipinski definition) is 2. The second-order valence-electron chi connectivity index (χ2n) is 3.93. The molecule has 0 aliphatic carbocycles. The summed E-state index contributed by atoms with van der Waals surface area (Å²) in [6.45, 7) is 2.92. The molecule has 1 unspecified atom stereocenters. The van der Waals surface area contributed by atoms with Crippen LogP contribution < -0.4 is 10.6 Å². The van der Waals surface area contributed by atoms with E-state index in [1.807, 2.05) is 0 Å². The van der Waals surface area contributed by atoms with E-state index in [0.717, 1.165) is 26.1 Å². The number of carbonyl (C=O) groups is 1. The summed E-state index contributed by atoms with van der Waals surface area (Å²) in [4.78, 5) is 13.3. The molecular weight excluding hydrogens is 154 g/mol. The van der Waals surface area contributed by atoms with Gasteiger partial charge in [0.15, 0.2) is 0 Å². The Hall–Kier alpha value is -0.770. The first-order valence-electron chi connectivity index (χ1n) is 4.45. The fourth-order valence-electron chi connectivity index (χ4n) is 2.19. The lowest BCUT2D eigenvalue weighted by Gasteiger charge is -2.37. The Labute approximate surface area is 72.3 Å². The molecule has 0 aromatic carbocycles. The summed E-state index contributed by atoms with van der Waals surface area (Å²) < 4.78 is 0. The Morgan fingerprint density at radius 1 is 1.58 bits per heavy atom. The molecule has 4 nitrogen and oxygen atoms in total. The van der Waals surface area contributed by atoms with Crippen LogP contribution >= 0.6 is 0 Å². The first-order chi connectivity index (χ1) is 5.70. The van der Waals surface area contributed by atoms with Crippen molar-refractivity contribution in [3.05, 3.63) is 0 Å². The Balaban J connectivity index is 2.05. The van der Waals surface area contributed by atoms with Crippen LogP contribution in [0.4, 0.5) is 4.79 Å². The summed E-state index contributed by atoms with van der Waals surface area (Å²) in [7, 11) is 2.10. The van der Waals surface area contributed by atoms with Crippen LogP contribution in [0.5, 0.6) is 0 Å². The Morgan fingerprint density at radius 2 is 2.42 bits per heavy atom. The largest absolute Gasteiger partial charge is 0.336 e. The third-order valence-electron chi connectivity index (χ3n) is 2.73.